The summed E-state index contributed by atoms with van der Waals surface area (Å²) < 4.78 is 0. The molecule has 3 saturated carbocycles. The number of allylic oxidation sites excluding steroid dienone is 1. The van der Waals surface area contributed by atoms with Gasteiger partial charge in [0.25, 0.3) is 0 Å². The monoisotopic (exact) mass is 321 g/mol. The fourth-order valence-electron chi connectivity index (χ4n) is 6.51. The summed E-state index contributed by atoms with van der Waals surface area (Å²) in [6.45, 7) is 10.1. The fraction of sp³-hybridized carbons (Fsp3) is 0.900. The molecule has 0 spiro atoms. The van der Waals surface area contributed by atoms with Crippen LogP contribution in [0.5, 0.6) is 0 Å². The van der Waals surface area contributed by atoms with Crippen LogP contribution in [-0.2, 0) is 0 Å². The van der Waals surface area contributed by atoms with E-state index in [4.69, 9.17) is 5.73 Å². The van der Waals surface area contributed by atoms with E-state index in [-0.39, 0.29) is 29.5 Å². The lowest BCUT2D eigenvalue weighted by Gasteiger charge is -2.56. The Morgan fingerprint density at radius 2 is 1.91 bits per heavy atom. The highest BCUT2D eigenvalue weighted by Gasteiger charge is 2.56. The Hall–Kier alpha value is -0.380. The van der Waals surface area contributed by atoms with Gasteiger partial charge in [0.15, 0.2) is 0 Å². The molecule has 0 aromatic rings. The first-order chi connectivity index (χ1) is 10.9. The minimum atomic E-state index is -0.239. The molecule has 0 amide bonds. The summed E-state index contributed by atoms with van der Waals surface area (Å²) in [4.78, 5) is 0. The summed E-state index contributed by atoms with van der Waals surface area (Å²) in [7, 11) is 0. The van der Waals surface area contributed by atoms with E-state index in [9.17, 15) is 10.2 Å². The summed E-state index contributed by atoms with van der Waals surface area (Å²) in [5.74, 6) is 1.96. The number of aliphatic hydroxyl groups is 2. The molecule has 0 saturated heterocycles. The van der Waals surface area contributed by atoms with Crippen LogP contribution in [0, 0.1) is 34.5 Å². The molecule has 3 unspecified atom stereocenters. The molecule has 0 bridgehead atoms. The second-order valence-corrected chi connectivity index (χ2v) is 9.02. The summed E-state index contributed by atoms with van der Waals surface area (Å²) >= 11 is 0. The maximum atomic E-state index is 10.0. The quantitative estimate of drug-likeness (QED) is 0.700. The Morgan fingerprint density at radius 3 is 2.57 bits per heavy atom. The van der Waals surface area contributed by atoms with Crippen molar-refractivity contribution >= 4 is 0 Å². The molecule has 0 aliphatic heterocycles. The summed E-state index contributed by atoms with van der Waals surface area (Å²) in [5, 5.41) is 20.0. The second kappa shape index (κ2) is 6.16. The van der Waals surface area contributed by atoms with Crippen LogP contribution in [-0.4, -0.2) is 29.5 Å². The zero-order valence-corrected chi connectivity index (χ0v) is 14.9. The molecule has 0 aromatic carbocycles. The van der Waals surface area contributed by atoms with E-state index >= 15 is 0 Å². The molecule has 0 aromatic heterocycles. The number of hydrogen-bond acceptors (Lipinski definition) is 3. The van der Waals surface area contributed by atoms with Crippen molar-refractivity contribution in [3.8, 4) is 0 Å². The second-order valence-electron chi connectivity index (χ2n) is 9.02. The van der Waals surface area contributed by atoms with Gasteiger partial charge in [-0.1, -0.05) is 26.0 Å². The Balaban J connectivity index is 1.89. The SMILES string of the molecule is C=C1CCC2[C@H](CN)C([C@@]3(C)CC[C@H](O)C[C@@H]3CO)CCC12C. The van der Waals surface area contributed by atoms with Gasteiger partial charge in [-0.3, -0.25) is 0 Å². The Morgan fingerprint density at radius 1 is 1.17 bits per heavy atom. The van der Waals surface area contributed by atoms with Crippen molar-refractivity contribution in [2.75, 3.05) is 13.2 Å². The highest BCUT2D eigenvalue weighted by Crippen LogP contribution is 2.63. The van der Waals surface area contributed by atoms with E-state index in [0.29, 0.717) is 17.8 Å². The molecule has 0 radical (unpaired) electrons. The predicted molar refractivity (Wildman–Crippen MR) is 93.8 cm³/mol. The third-order valence-electron chi connectivity index (χ3n) is 8.24. The molecule has 3 aliphatic carbocycles. The zero-order chi connectivity index (χ0) is 16.8. The van der Waals surface area contributed by atoms with E-state index in [1.165, 1.54) is 24.8 Å². The molecular weight excluding hydrogens is 286 g/mol. The van der Waals surface area contributed by atoms with Crippen molar-refractivity contribution in [2.45, 2.75) is 64.9 Å². The van der Waals surface area contributed by atoms with Crippen molar-refractivity contribution in [2.24, 2.45) is 40.2 Å². The number of hydrogen-bond donors (Lipinski definition) is 3. The van der Waals surface area contributed by atoms with E-state index < -0.39 is 0 Å². The van der Waals surface area contributed by atoms with Gasteiger partial charge in [0.05, 0.1) is 6.10 Å². The van der Waals surface area contributed by atoms with Crippen molar-refractivity contribution in [1.82, 2.24) is 0 Å². The molecule has 0 heterocycles. The normalized spacial score (nSPS) is 50.8. The number of aliphatic hydroxyl groups excluding tert-OH is 2. The first kappa shape index (κ1) is 17.4. The largest absolute Gasteiger partial charge is 0.396 e. The molecule has 132 valence electrons. The maximum absolute atomic E-state index is 10.0. The molecule has 3 aliphatic rings. The van der Waals surface area contributed by atoms with Gasteiger partial charge in [0, 0.05) is 6.61 Å². The van der Waals surface area contributed by atoms with Crippen LogP contribution in [0.15, 0.2) is 12.2 Å². The van der Waals surface area contributed by atoms with Gasteiger partial charge in [0.1, 0.15) is 0 Å². The highest BCUT2D eigenvalue weighted by atomic mass is 16.3. The molecule has 3 rings (SSSR count). The van der Waals surface area contributed by atoms with Gasteiger partial charge < -0.3 is 15.9 Å². The Labute approximate surface area is 141 Å². The number of rotatable bonds is 3. The summed E-state index contributed by atoms with van der Waals surface area (Å²) in [6, 6.07) is 0. The van der Waals surface area contributed by atoms with Gasteiger partial charge in [-0.25, -0.2) is 0 Å². The molecular formula is C20H35NO2. The zero-order valence-electron chi connectivity index (χ0n) is 14.9. The van der Waals surface area contributed by atoms with Gasteiger partial charge in [0.2, 0.25) is 0 Å². The average Bonchev–Trinajstić information content (AvgIpc) is 2.84. The van der Waals surface area contributed by atoms with Gasteiger partial charge >= 0.3 is 0 Å². The molecule has 3 heteroatoms. The maximum Gasteiger partial charge on any atom is 0.0544 e. The van der Waals surface area contributed by atoms with Crippen LogP contribution in [0.1, 0.15) is 58.8 Å². The topological polar surface area (TPSA) is 66.5 Å². The highest BCUT2D eigenvalue weighted by molar-refractivity contribution is 5.20. The first-order valence-corrected chi connectivity index (χ1v) is 9.54. The van der Waals surface area contributed by atoms with E-state index in [1.807, 2.05) is 0 Å². The number of nitrogens with two attached hydrogens (primary N) is 1. The van der Waals surface area contributed by atoms with Crippen molar-refractivity contribution in [1.29, 1.82) is 0 Å². The minimum absolute atomic E-state index is 0.114. The Bertz CT molecular complexity index is 465. The van der Waals surface area contributed by atoms with Gasteiger partial charge in [-0.05, 0) is 86.0 Å². The molecule has 23 heavy (non-hydrogen) atoms. The van der Waals surface area contributed by atoms with Crippen LogP contribution in [0.3, 0.4) is 0 Å². The van der Waals surface area contributed by atoms with E-state index in [0.717, 1.165) is 32.2 Å². The van der Waals surface area contributed by atoms with Crippen molar-refractivity contribution < 1.29 is 10.2 Å². The molecule has 3 fully saturated rings. The molecule has 3 nitrogen and oxygen atoms in total. The number of fused-ring (bicyclic) bond motifs is 1. The van der Waals surface area contributed by atoms with Crippen LogP contribution < -0.4 is 5.73 Å². The summed E-state index contributed by atoms with van der Waals surface area (Å²) in [6.07, 6.45) is 7.19. The third kappa shape index (κ3) is 2.60. The fourth-order valence-corrected chi connectivity index (χ4v) is 6.51. The predicted octanol–water partition coefficient (Wildman–Crippen LogP) is 3.10. The molecule has 7 atom stereocenters. The standard InChI is InChI=1S/C20H35NO2/c1-13-4-5-17-16(11-21)18(7-9-19(13,17)2)20(3)8-6-15(23)10-14(20)12-22/h14-18,22-23H,1,4-12,21H2,2-3H3/t14-,15+,16+,17?,18?,19?,20+/m1/s1. The van der Waals surface area contributed by atoms with Crippen LogP contribution >= 0.6 is 0 Å². The molecule has 4 N–H and O–H groups in total. The first-order valence-electron chi connectivity index (χ1n) is 9.54. The van der Waals surface area contributed by atoms with Crippen LogP contribution in [0.2, 0.25) is 0 Å². The van der Waals surface area contributed by atoms with Crippen LogP contribution in [0.25, 0.3) is 0 Å². The van der Waals surface area contributed by atoms with Crippen LogP contribution in [0.4, 0.5) is 0 Å². The lowest BCUT2D eigenvalue weighted by atomic mass is 9.49. The lowest BCUT2D eigenvalue weighted by Crippen LogP contribution is -2.52. The average molecular weight is 322 g/mol. The Kier molecular flexibility index (Phi) is 4.67. The minimum Gasteiger partial charge on any atom is -0.396 e. The van der Waals surface area contributed by atoms with Gasteiger partial charge in [-0.15, -0.1) is 0 Å². The van der Waals surface area contributed by atoms with E-state index in [1.54, 1.807) is 0 Å². The van der Waals surface area contributed by atoms with Crippen molar-refractivity contribution in [3.63, 3.8) is 0 Å². The summed E-state index contributed by atoms with van der Waals surface area (Å²) in [5.41, 5.74) is 8.12. The smallest absolute Gasteiger partial charge is 0.0544 e. The lowest BCUT2D eigenvalue weighted by molar-refractivity contribution is -0.0916. The third-order valence-corrected chi connectivity index (χ3v) is 8.24. The van der Waals surface area contributed by atoms with E-state index in [2.05, 4.69) is 20.4 Å². The van der Waals surface area contributed by atoms with Gasteiger partial charge in [-0.2, -0.15) is 0 Å². The van der Waals surface area contributed by atoms with Crippen molar-refractivity contribution in [3.05, 3.63) is 12.2 Å².